The Morgan fingerprint density at radius 2 is 1.10 bits per heavy atom. The highest BCUT2D eigenvalue weighted by molar-refractivity contribution is 7.99. The fraction of sp³-hybridized carbons (Fsp3) is 0.619. The van der Waals surface area contributed by atoms with Crippen molar-refractivity contribution in [3.63, 3.8) is 0 Å². The van der Waals surface area contributed by atoms with Gasteiger partial charge < -0.3 is 18.9 Å². The molecule has 6 fully saturated rings. The molecule has 0 aliphatic carbocycles. The summed E-state index contributed by atoms with van der Waals surface area (Å²) in [6, 6.07) is 0. The molecule has 4 bridgehead atoms. The summed E-state index contributed by atoms with van der Waals surface area (Å²) in [5.74, 6) is 1.08. The lowest BCUT2D eigenvalue weighted by molar-refractivity contribution is -0.161. The maximum absolute atomic E-state index is 12.0. The summed E-state index contributed by atoms with van der Waals surface area (Å²) in [6.07, 6.45) is 7.51. The molecule has 0 amide bonds. The molecule has 10 heteroatoms. The van der Waals surface area contributed by atoms with E-state index in [2.05, 4.69) is 0 Å². The van der Waals surface area contributed by atoms with Crippen molar-refractivity contribution in [2.45, 2.75) is 30.8 Å². The summed E-state index contributed by atoms with van der Waals surface area (Å²) >= 11 is 3.32. The third kappa shape index (κ3) is 1.71. The Bertz CT molecular complexity index is 1000. The number of fused-ring (bicyclic) bond motifs is 4. The molecule has 0 radical (unpaired) electrons. The number of esters is 4. The number of ether oxygens (including phenoxy) is 4. The number of rotatable bonds is 0. The Kier molecular flexibility index (Phi) is 3.44. The van der Waals surface area contributed by atoms with E-state index < -0.39 is 21.7 Å². The minimum atomic E-state index is -0.730. The largest absolute Gasteiger partial charge is 0.392 e. The first-order chi connectivity index (χ1) is 14.9. The third-order valence-corrected chi connectivity index (χ3v) is 11.1. The van der Waals surface area contributed by atoms with Crippen LogP contribution in [0.1, 0.15) is 6.42 Å². The molecule has 0 aromatic carbocycles. The molecule has 8 rings (SSSR count). The number of cyclic esters (lactones) is 4. The molecule has 8 atom stereocenters. The second kappa shape index (κ2) is 5.65. The van der Waals surface area contributed by atoms with Crippen molar-refractivity contribution < 1.29 is 38.1 Å². The first-order valence-corrected chi connectivity index (χ1v) is 12.6. The number of carbonyl (C=O) groups is 4. The SMILES string of the molecule is O=C1OC(=O)C23CSCC12C1C=CC3O1.O=C1OC(=O)C23CSCC12C1C=CCC3O1. The number of thioether (sulfide) groups is 2. The molecule has 8 aliphatic heterocycles. The maximum Gasteiger partial charge on any atom is 0.324 e. The number of hydrogen-bond donors (Lipinski definition) is 0. The fourth-order valence-corrected chi connectivity index (χ4v) is 10.5. The highest BCUT2D eigenvalue weighted by Gasteiger charge is 2.82. The van der Waals surface area contributed by atoms with Gasteiger partial charge in [0.2, 0.25) is 0 Å². The van der Waals surface area contributed by atoms with Crippen molar-refractivity contribution >= 4 is 47.4 Å². The second-order valence-corrected chi connectivity index (χ2v) is 11.3. The van der Waals surface area contributed by atoms with Crippen LogP contribution in [0.3, 0.4) is 0 Å². The zero-order valence-electron chi connectivity index (χ0n) is 16.2. The molecule has 0 saturated carbocycles. The average Bonchev–Trinajstić information content (AvgIpc) is 3.56. The van der Waals surface area contributed by atoms with E-state index in [1.165, 1.54) is 0 Å². The van der Waals surface area contributed by atoms with Gasteiger partial charge in [-0.1, -0.05) is 24.3 Å². The molecular formula is C21H18O8S2. The summed E-state index contributed by atoms with van der Waals surface area (Å²) in [7, 11) is 0. The molecule has 8 unspecified atom stereocenters. The summed E-state index contributed by atoms with van der Waals surface area (Å²) < 4.78 is 21.3. The van der Waals surface area contributed by atoms with Crippen LogP contribution in [0.15, 0.2) is 24.3 Å². The Balaban J connectivity index is 0.000000111. The van der Waals surface area contributed by atoms with Crippen molar-refractivity contribution in [2.75, 3.05) is 23.0 Å². The molecule has 31 heavy (non-hydrogen) atoms. The van der Waals surface area contributed by atoms with Gasteiger partial charge in [-0.25, -0.2) is 0 Å². The lowest BCUT2D eigenvalue weighted by Crippen LogP contribution is -2.50. The minimum Gasteiger partial charge on any atom is -0.392 e. The monoisotopic (exact) mass is 462 g/mol. The first-order valence-electron chi connectivity index (χ1n) is 10.3. The fourth-order valence-electron chi connectivity index (χ4n) is 6.84. The van der Waals surface area contributed by atoms with Gasteiger partial charge in [0.15, 0.2) is 0 Å². The topological polar surface area (TPSA) is 105 Å². The quantitative estimate of drug-likeness (QED) is 0.289. The van der Waals surface area contributed by atoms with Gasteiger partial charge in [0, 0.05) is 23.0 Å². The predicted octanol–water partition coefficient (Wildman–Crippen LogP) is 0.643. The van der Waals surface area contributed by atoms with Crippen molar-refractivity contribution in [1.82, 2.24) is 0 Å². The van der Waals surface area contributed by atoms with Crippen LogP contribution in [0.25, 0.3) is 0 Å². The van der Waals surface area contributed by atoms with Crippen LogP contribution in [-0.4, -0.2) is 71.3 Å². The normalized spacial score (nSPS) is 53.7. The van der Waals surface area contributed by atoms with Crippen LogP contribution in [0.2, 0.25) is 0 Å². The number of carbonyl (C=O) groups excluding carboxylic acids is 4. The summed E-state index contributed by atoms with van der Waals surface area (Å²) in [5.41, 5.74) is -2.86. The van der Waals surface area contributed by atoms with E-state index in [1.807, 2.05) is 24.3 Å². The summed E-state index contributed by atoms with van der Waals surface area (Å²) in [5, 5.41) is 0. The van der Waals surface area contributed by atoms with E-state index in [1.54, 1.807) is 23.5 Å². The summed E-state index contributed by atoms with van der Waals surface area (Å²) in [4.78, 5) is 47.8. The highest BCUT2D eigenvalue weighted by atomic mass is 32.2. The van der Waals surface area contributed by atoms with Gasteiger partial charge in [-0.05, 0) is 6.42 Å². The van der Waals surface area contributed by atoms with Crippen molar-refractivity contribution in [2.24, 2.45) is 21.7 Å². The minimum absolute atomic E-state index is 0.170. The van der Waals surface area contributed by atoms with Crippen LogP contribution >= 0.6 is 23.5 Å². The van der Waals surface area contributed by atoms with E-state index >= 15 is 0 Å². The predicted molar refractivity (Wildman–Crippen MR) is 107 cm³/mol. The van der Waals surface area contributed by atoms with Gasteiger partial charge in [-0.15, -0.1) is 0 Å². The number of hydrogen-bond acceptors (Lipinski definition) is 10. The van der Waals surface area contributed by atoms with Crippen molar-refractivity contribution in [3.05, 3.63) is 24.3 Å². The molecule has 0 aromatic heterocycles. The van der Waals surface area contributed by atoms with Gasteiger partial charge in [0.1, 0.15) is 21.7 Å². The van der Waals surface area contributed by atoms with Gasteiger partial charge >= 0.3 is 23.9 Å². The first kappa shape index (κ1) is 18.9. The Labute approximate surface area is 185 Å². The van der Waals surface area contributed by atoms with Gasteiger partial charge in [0.25, 0.3) is 0 Å². The van der Waals surface area contributed by atoms with Crippen LogP contribution in [0.4, 0.5) is 0 Å². The van der Waals surface area contributed by atoms with Crippen LogP contribution in [0.5, 0.6) is 0 Å². The van der Waals surface area contributed by atoms with Gasteiger partial charge in [-0.3, -0.25) is 19.2 Å². The van der Waals surface area contributed by atoms with E-state index in [0.717, 1.165) is 0 Å². The Hall–Kier alpha value is -1.62. The Morgan fingerprint density at radius 1 is 0.645 bits per heavy atom. The van der Waals surface area contributed by atoms with E-state index in [-0.39, 0.29) is 48.3 Å². The average molecular weight is 463 g/mol. The summed E-state index contributed by atoms with van der Waals surface area (Å²) in [6.45, 7) is 0. The van der Waals surface area contributed by atoms with E-state index in [4.69, 9.17) is 18.9 Å². The molecule has 6 saturated heterocycles. The zero-order valence-corrected chi connectivity index (χ0v) is 17.9. The molecule has 0 N–H and O–H groups in total. The molecule has 0 aromatic rings. The Morgan fingerprint density at radius 3 is 1.68 bits per heavy atom. The van der Waals surface area contributed by atoms with Crippen LogP contribution in [0, 0.1) is 21.7 Å². The van der Waals surface area contributed by atoms with Gasteiger partial charge in [0.05, 0.1) is 24.4 Å². The zero-order chi connectivity index (χ0) is 21.2. The molecule has 8 nitrogen and oxygen atoms in total. The van der Waals surface area contributed by atoms with E-state index in [9.17, 15) is 19.2 Å². The second-order valence-electron chi connectivity index (χ2n) is 9.30. The van der Waals surface area contributed by atoms with E-state index in [0.29, 0.717) is 29.4 Å². The smallest absolute Gasteiger partial charge is 0.324 e. The van der Waals surface area contributed by atoms with Crippen LogP contribution in [-0.2, 0) is 38.1 Å². The molecule has 0 spiro atoms. The van der Waals surface area contributed by atoms with Crippen molar-refractivity contribution in [3.8, 4) is 0 Å². The van der Waals surface area contributed by atoms with Crippen LogP contribution < -0.4 is 0 Å². The lowest BCUT2D eigenvalue weighted by Gasteiger charge is -2.30. The lowest BCUT2D eigenvalue weighted by atomic mass is 9.61. The molecule has 162 valence electrons. The third-order valence-electron chi connectivity index (χ3n) is 8.47. The highest BCUT2D eigenvalue weighted by Crippen LogP contribution is 2.68. The standard InChI is InChI=1S/C11H10O4S.C10H8O4S/c12-8-10-4-16-5-11(10,9(13)15-8)7-3-1-2-6(10)14-7;11-7-9-3-15-4-10(9,8(12)14-7)6-2-1-5(9)13-6/h1-2,6-7H,3-5H2;1-2,5-6H,3-4H2. The molecular weight excluding hydrogens is 444 g/mol. The van der Waals surface area contributed by atoms with Crippen molar-refractivity contribution in [1.29, 1.82) is 0 Å². The molecule has 8 aliphatic rings. The molecule has 8 heterocycles. The maximum atomic E-state index is 12.0. The van der Waals surface area contributed by atoms with Gasteiger partial charge in [-0.2, -0.15) is 23.5 Å².